The van der Waals surface area contributed by atoms with E-state index in [9.17, 15) is 9.59 Å². The number of thiophene rings is 1. The molecule has 0 amide bonds. The molecule has 0 radical (unpaired) electrons. The molecule has 26 heavy (non-hydrogen) atoms. The molecule has 0 aliphatic rings. The van der Waals surface area contributed by atoms with Gasteiger partial charge in [-0.2, -0.15) is 0 Å². The molecule has 1 atom stereocenters. The number of ether oxygens (including phenoxy) is 1. The maximum absolute atomic E-state index is 12.9. The van der Waals surface area contributed by atoms with Crippen molar-refractivity contribution in [2.45, 2.75) is 46.6 Å². The van der Waals surface area contributed by atoms with Gasteiger partial charge in [0.2, 0.25) is 5.78 Å². The summed E-state index contributed by atoms with van der Waals surface area (Å²) in [5.41, 5.74) is 3.46. The minimum absolute atomic E-state index is 0.185. The third-order valence-electron chi connectivity index (χ3n) is 4.53. The standard InChI is InChI=1S/C21H23NO3S/c1-5-8-15-11-18(26-14(15)4)21(24)25-13(3)20(23)19-12(2)22-17-10-7-6-9-16(17)19/h6-7,9-11,13,22H,5,8H2,1-4H3/t13-/m1/s1. The van der Waals surface area contributed by atoms with Crippen molar-refractivity contribution >= 4 is 34.0 Å². The lowest BCUT2D eigenvalue weighted by Crippen LogP contribution is -2.24. The first-order valence-corrected chi connectivity index (χ1v) is 9.65. The van der Waals surface area contributed by atoms with Crippen molar-refractivity contribution < 1.29 is 14.3 Å². The first-order chi connectivity index (χ1) is 12.4. The number of aryl methyl sites for hydroxylation is 3. The lowest BCUT2D eigenvalue weighted by Gasteiger charge is -2.12. The lowest BCUT2D eigenvalue weighted by atomic mass is 10.0. The molecule has 0 unspecified atom stereocenters. The molecule has 0 fully saturated rings. The van der Waals surface area contributed by atoms with E-state index in [1.807, 2.05) is 44.2 Å². The van der Waals surface area contributed by atoms with Gasteiger partial charge in [0.05, 0.1) is 0 Å². The number of ketones is 1. The Balaban J connectivity index is 1.79. The Hall–Kier alpha value is -2.40. The Morgan fingerprint density at radius 2 is 1.96 bits per heavy atom. The van der Waals surface area contributed by atoms with Crippen molar-refractivity contribution in [1.82, 2.24) is 4.98 Å². The summed E-state index contributed by atoms with van der Waals surface area (Å²) in [6, 6.07) is 9.54. The fourth-order valence-corrected chi connectivity index (χ4v) is 4.16. The van der Waals surface area contributed by atoms with Crippen LogP contribution in [-0.2, 0) is 11.2 Å². The summed E-state index contributed by atoms with van der Waals surface area (Å²) in [4.78, 5) is 30.3. The monoisotopic (exact) mass is 369 g/mol. The van der Waals surface area contributed by atoms with Gasteiger partial charge < -0.3 is 9.72 Å². The molecule has 5 heteroatoms. The molecular weight excluding hydrogens is 346 g/mol. The lowest BCUT2D eigenvalue weighted by molar-refractivity contribution is 0.0324. The van der Waals surface area contributed by atoms with E-state index >= 15 is 0 Å². The van der Waals surface area contributed by atoms with E-state index in [1.165, 1.54) is 16.9 Å². The van der Waals surface area contributed by atoms with Crippen molar-refractivity contribution in [1.29, 1.82) is 0 Å². The number of carbonyl (C=O) groups excluding carboxylic acids is 2. The van der Waals surface area contributed by atoms with E-state index in [-0.39, 0.29) is 5.78 Å². The Morgan fingerprint density at radius 1 is 1.23 bits per heavy atom. The van der Waals surface area contributed by atoms with Crippen molar-refractivity contribution in [3.63, 3.8) is 0 Å². The summed E-state index contributed by atoms with van der Waals surface area (Å²) in [5.74, 6) is -0.617. The molecule has 0 saturated carbocycles. The predicted octanol–water partition coefficient (Wildman–Crippen LogP) is 5.23. The van der Waals surface area contributed by atoms with Gasteiger partial charge in [-0.15, -0.1) is 11.3 Å². The number of esters is 1. The van der Waals surface area contributed by atoms with Crippen LogP contribution in [0.4, 0.5) is 0 Å². The minimum atomic E-state index is -0.836. The second-order valence-corrected chi connectivity index (χ2v) is 7.78. The van der Waals surface area contributed by atoms with Gasteiger partial charge in [0.25, 0.3) is 0 Å². The number of para-hydroxylation sites is 1. The van der Waals surface area contributed by atoms with Crippen molar-refractivity contribution in [3.8, 4) is 0 Å². The molecule has 0 aliphatic carbocycles. The van der Waals surface area contributed by atoms with Gasteiger partial charge in [-0.3, -0.25) is 4.79 Å². The number of Topliss-reactive ketones (excluding diaryl/α,β-unsaturated/α-hetero) is 1. The Morgan fingerprint density at radius 3 is 2.69 bits per heavy atom. The quantitative estimate of drug-likeness (QED) is 0.478. The molecule has 4 nitrogen and oxygen atoms in total. The van der Waals surface area contributed by atoms with Gasteiger partial charge >= 0.3 is 5.97 Å². The summed E-state index contributed by atoms with van der Waals surface area (Å²) in [6.07, 6.45) is 1.14. The second kappa shape index (κ2) is 7.46. The summed E-state index contributed by atoms with van der Waals surface area (Å²) >= 11 is 1.43. The number of aromatic amines is 1. The summed E-state index contributed by atoms with van der Waals surface area (Å²) in [6.45, 7) is 7.62. The van der Waals surface area contributed by atoms with Gasteiger partial charge in [0.15, 0.2) is 6.10 Å². The molecule has 2 aromatic heterocycles. The molecule has 1 N–H and O–H groups in total. The topological polar surface area (TPSA) is 59.2 Å². The van der Waals surface area contributed by atoms with E-state index < -0.39 is 12.1 Å². The minimum Gasteiger partial charge on any atom is -0.450 e. The van der Waals surface area contributed by atoms with Gasteiger partial charge in [-0.05, 0) is 44.9 Å². The van der Waals surface area contributed by atoms with Crippen LogP contribution in [0.3, 0.4) is 0 Å². The summed E-state index contributed by atoms with van der Waals surface area (Å²) in [5, 5.41) is 0.857. The molecule has 1 aromatic carbocycles. The molecular formula is C21H23NO3S. The molecule has 0 spiro atoms. The average Bonchev–Trinajstić information content (AvgIpc) is 3.14. The van der Waals surface area contributed by atoms with Crippen LogP contribution in [0.25, 0.3) is 10.9 Å². The highest BCUT2D eigenvalue weighted by atomic mass is 32.1. The van der Waals surface area contributed by atoms with Crippen LogP contribution in [0.5, 0.6) is 0 Å². The number of H-pyrrole nitrogens is 1. The third-order valence-corrected chi connectivity index (χ3v) is 5.61. The van der Waals surface area contributed by atoms with E-state index in [2.05, 4.69) is 11.9 Å². The predicted molar refractivity (Wildman–Crippen MR) is 105 cm³/mol. The molecule has 3 rings (SSSR count). The van der Waals surface area contributed by atoms with E-state index in [4.69, 9.17) is 4.74 Å². The molecule has 2 heterocycles. The largest absolute Gasteiger partial charge is 0.450 e. The number of rotatable bonds is 6. The molecule has 136 valence electrons. The van der Waals surface area contributed by atoms with Crippen LogP contribution in [0.1, 0.15) is 56.4 Å². The number of aromatic nitrogens is 1. The molecule has 0 saturated heterocycles. The fraction of sp³-hybridized carbons (Fsp3) is 0.333. The second-order valence-electron chi connectivity index (χ2n) is 6.52. The highest BCUT2D eigenvalue weighted by Crippen LogP contribution is 2.26. The number of nitrogens with one attached hydrogen (secondary N) is 1. The van der Waals surface area contributed by atoms with E-state index in [0.29, 0.717) is 10.4 Å². The first-order valence-electron chi connectivity index (χ1n) is 8.84. The number of hydrogen-bond acceptors (Lipinski definition) is 4. The SMILES string of the molecule is CCCc1cc(C(=O)O[C@H](C)C(=O)c2c(C)[nH]c3ccccc23)sc1C. The normalized spacial score (nSPS) is 12.3. The van der Waals surface area contributed by atoms with Gasteiger partial charge in [-0.1, -0.05) is 31.5 Å². The van der Waals surface area contributed by atoms with Gasteiger partial charge in [0.1, 0.15) is 4.88 Å². The van der Waals surface area contributed by atoms with E-state index in [1.54, 1.807) is 6.92 Å². The Bertz CT molecular complexity index is 967. The van der Waals surface area contributed by atoms with Crippen LogP contribution in [-0.4, -0.2) is 22.8 Å². The number of carbonyl (C=O) groups is 2. The highest BCUT2D eigenvalue weighted by Gasteiger charge is 2.25. The van der Waals surface area contributed by atoms with Crippen molar-refractivity contribution in [2.24, 2.45) is 0 Å². The van der Waals surface area contributed by atoms with Crippen LogP contribution >= 0.6 is 11.3 Å². The maximum Gasteiger partial charge on any atom is 0.349 e. The smallest absolute Gasteiger partial charge is 0.349 e. The summed E-state index contributed by atoms with van der Waals surface area (Å²) < 4.78 is 5.48. The number of benzene rings is 1. The number of hydrogen-bond donors (Lipinski definition) is 1. The van der Waals surface area contributed by atoms with Crippen molar-refractivity contribution in [2.75, 3.05) is 0 Å². The number of fused-ring (bicyclic) bond motifs is 1. The fourth-order valence-electron chi connectivity index (χ4n) is 3.21. The summed E-state index contributed by atoms with van der Waals surface area (Å²) in [7, 11) is 0. The third kappa shape index (κ3) is 3.44. The Kier molecular flexibility index (Phi) is 5.28. The zero-order valence-corrected chi connectivity index (χ0v) is 16.3. The zero-order chi connectivity index (χ0) is 18.8. The highest BCUT2D eigenvalue weighted by molar-refractivity contribution is 7.14. The van der Waals surface area contributed by atoms with E-state index in [0.717, 1.165) is 34.3 Å². The molecule has 0 aliphatic heterocycles. The van der Waals surface area contributed by atoms with Crippen LogP contribution in [0, 0.1) is 13.8 Å². The molecule has 3 aromatic rings. The Labute approximate surface area is 157 Å². The van der Waals surface area contributed by atoms with Gasteiger partial charge in [0, 0.05) is 27.0 Å². The maximum atomic E-state index is 12.9. The van der Waals surface area contributed by atoms with Crippen LogP contribution in [0.15, 0.2) is 30.3 Å². The molecule has 0 bridgehead atoms. The van der Waals surface area contributed by atoms with Crippen molar-refractivity contribution in [3.05, 3.63) is 56.9 Å². The zero-order valence-electron chi connectivity index (χ0n) is 15.5. The van der Waals surface area contributed by atoms with Crippen LogP contribution < -0.4 is 0 Å². The van der Waals surface area contributed by atoms with Crippen LogP contribution in [0.2, 0.25) is 0 Å². The average molecular weight is 369 g/mol. The van der Waals surface area contributed by atoms with Gasteiger partial charge in [-0.25, -0.2) is 4.79 Å². The first kappa shape index (κ1) is 18.4.